The van der Waals surface area contributed by atoms with Crippen molar-refractivity contribution in [3.8, 4) is 5.75 Å². The lowest BCUT2D eigenvalue weighted by molar-refractivity contribution is -0.275. The number of hydrogen-bond donors (Lipinski definition) is 1. The quantitative estimate of drug-likeness (QED) is 0.811. The van der Waals surface area contributed by atoms with Gasteiger partial charge in [0.25, 0.3) is 0 Å². The normalized spacial score (nSPS) is 11.6. The van der Waals surface area contributed by atoms with Gasteiger partial charge in [0.15, 0.2) is 11.6 Å². The Bertz CT molecular complexity index is 364. The lowest BCUT2D eigenvalue weighted by Gasteiger charge is -2.11. The molecule has 2 nitrogen and oxygen atoms in total. The van der Waals surface area contributed by atoms with E-state index in [-0.39, 0.29) is 5.56 Å². The molecule has 0 aliphatic carbocycles. The molecule has 0 saturated heterocycles. The number of rotatable bonds is 2. The van der Waals surface area contributed by atoms with Crippen LogP contribution in [0.3, 0.4) is 0 Å². The molecule has 1 aromatic carbocycles. The standard InChI is InChI=1S/C8H5ClF4O2/c9-5-1-4(3-14)2-6(7(5)10)15-8(11,12)13/h1-2,14H,3H2. The Morgan fingerprint density at radius 1 is 1.33 bits per heavy atom. The molecule has 1 rings (SSSR count). The van der Waals surface area contributed by atoms with E-state index in [2.05, 4.69) is 4.74 Å². The summed E-state index contributed by atoms with van der Waals surface area (Å²) >= 11 is 5.29. The molecule has 0 amide bonds. The van der Waals surface area contributed by atoms with E-state index in [0.717, 1.165) is 12.1 Å². The van der Waals surface area contributed by atoms with Crippen molar-refractivity contribution >= 4 is 11.6 Å². The van der Waals surface area contributed by atoms with Gasteiger partial charge in [0.05, 0.1) is 11.6 Å². The van der Waals surface area contributed by atoms with Crippen LogP contribution in [0.2, 0.25) is 5.02 Å². The molecule has 0 aromatic heterocycles. The second-order valence-electron chi connectivity index (χ2n) is 2.60. The first kappa shape index (κ1) is 12.1. The number of aliphatic hydroxyl groups excluding tert-OH is 1. The van der Waals surface area contributed by atoms with E-state index in [1.165, 1.54) is 0 Å². The molecule has 0 fully saturated rings. The smallest absolute Gasteiger partial charge is 0.403 e. The van der Waals surface area contributed by atoms with Crippen LogP contribution in [0.1, 0.15) is 5.56 Å². The first-order valence-corrected chi connectivity index (χ1v) is 4.06. The summed E-state index contributed by atoms with van der Waals surface area (Å²) in [6, 6.07) is 1.74. The van der Waals surface area contributed by atoms with Crippen molar-refractivity contribution < 1.29 is 27.4 Å². The van der Waals surface area contributed by atoms with E-state index in [0.29, 0.717) is 0 Å². The zero-order valence-electron chi connectivity index (χ0n) is 7.11. The zero-order valence-corrected chi connectivity index (χ0v) is 7.86. The fourth-order valence-electron chi connectivity index (χ4n) is 0.907. The van der Waals surface area contributed by atoms with Crippen LogP contribution in [0.15, 0.2) is 12.1 Å². The lowest BCUT2D eigenvalue weighted by Crippen LogP contribution is -2.18. The largest absolute Gasteiger partial charge is 0.573 e. The van der Waals surface area contributed by atoms with Gasteiger partial charge in [0.2, 0.25) is 0 Å². The number of hydrogen-bond acceptors (Lipinski definition) is 2. The topological polar surface area (TPSA) is 29.5 Å². The molecule has 1 aromatic rings. The molecule has 0 aliphatic rings. The van der Waals surface area contributed by atoms with Crippen LogP contribution in [0.4, 0.5) is 17.6 Å². The van der Waals surface area contributed by atoms with Gasteiger partial charge in [-0.1, -0.05) is 11.6 Å². The molecule has 0 aliphatic heterocycles. The Balaban J connectivity index is 3.11. The van der Waals surface area contributed by atoms with E-state index >= 15 is 0 Å². The van der Waals surface area contributed by atoms with E-state index in [9.17, 15) is 17.6 Å². The number of benzene rings is 1. The highest BCUT2D eigenvalue weighted by Gasteiger charge is 2.33. The Hall–Kier alpha value is -1.01. The van der Waals surface area contributed by atoms with Gasteiger partial charge in [-0.3, -0.25) is 0 Å². The Morgan fingerprint density at radius 2 is 1.93 bits per heavy atom. The molecule has 0 unspecified atom stereocenters. The summed E-state index contributed by atoms with van der Waals surface area (Å²) in [6.07, 6.45) is -5.00. The zero-order chi connectivity index (χ0) is 11.6. The molecule has 15 heavy (non-hydrogen) atoms. The van der Waals surface area contributed by atoms with Gasteiger partial charge in [-0.15, -0.1) is 13.2 Å². The summed E-state index contributed by atoms with van der Waals surface area (Å²) in [7, 11) is 0. The van der Waals surface area contributed by atoms with Crippen molar-refractivity contribution in [3.63, 3.8) is 0 Å². The molecular weight excluding hydrogens is 240 g/mol. The van der Waals surface area contributed by atoms with E-state index in [1.54, 1.807) is 0 Å². The van der Waals surface area contributed by atoms with Crippen LogP contribution in [0.5, 0.6) is 5.75 Å². The third-order valence-corrected chi connectivity index (χ3v) is 1.74. The van der Waals surface area contributed by atoms with Gasteiger partial charge in [-0.2, -0.15) is 0 Å². The molecule has 7 heteroatoms. The number of alkyl halides is 3. The second kappa shape index (κ2) is 4.24. The number of ether oxygens (including phenoxy) is 1. The predicted octanol–water partition coefficient (Wildman–Crippen LogP) is 2.87. The van der Waals surface area contributed by atoms with Crippen molar-refractivity contribution in [1.82, 2.24) is 0 Å². The van der Waals surface area contributed by atoms with Gasteiger partial charge in [0, 0.05) is 0 Å². The Labute approximate surface area is 87.0 Å². The summed E-state index contributed by atoms with van der Waals surface area (Å²) in [4.78, 5) is 0. The fourth-order valence-corrected chi connectivity index (χ4v) is 1.14. The van der Waals surface area contributed by atoms with Crippen molar-refractivity contribution in [1.29, 1.82) is 0 Å². The SMILES string of the molecule is OCc1cc(Cl)c(F)c(OC(F)(F)F)c1. The maximum atomic E-state index is 13.0. The maximum Gasteiger partial charge on any atom is 0.573 e. The van der Waals surface area contributed by atoms with Crippen LogP contribution >= 0.6 is 11.6 Å². The molecule has 0 heterocycles. The summed E-state index contributed by atoms with van der Waals surface area (Å²) in [5.74, 6) is -2.37. The first-order valence-electron chi connectivity index (χ1n) is 3.68. The summed E-state index contributed by atoms with van der Waals surface area (Å²) in [6.45, 7) is -0.561. The average molecular weight is 245 g/mol. The molecule has 0 saturated carbocycles. The van der Waals surface area contributed by atoms with Crippen molar-refractivity contribution in [2.75, 3.05) is 0 Å². The third-order valence-electron chi connectivity index (χ3n) is 1.46. The minimum Gasteiger partial charge on any atom is -0.403 e. The molecule has 1 N–H and O–H groups in total. The van der Waals surface area contributed by atoms with E-state index < -0.39 is 29.6 Å². The molecule has 84 valence electrons. The van der Waals surface area contributed by atoms with Crippen molar-refractivity contribution in [3.05, 3.63) is 28.5 Å². The predicted molar refractivity (Wildman–Crippen MR) is 44.0 cm³/mol. The highest BCUT2D eigenvalue weighted by atomic mass is 35.5. The van der Waals surface area contributed by atoms with Crippen LogP contribution in [0.25, 0.3) is 0 Å². The fraction of sp³-hybridized carbons (Fsp3) is 0.250. The maximum absolute atomic E-state index is 13.0. The monoisotopic (exact) mass is 244 g/mol. The number of halogens is 5. The molecule has 0 spiro atoms. The highest BCUT2D eigenvalue weighted by Crippen LogP contribution is 2.31. The summed E-state index contributed by atoms with van der Waals surface area (Å²) in [5, 5.41) is 8.12. The average Bonchev–Trinajstić information content (AvgIpc) is 2.10. The van der Waals surface area contributed by atoms with Crippen LogP contribution in [-0.2, 0) is 6.61 Å². The van der Waals surface area contributed by atoms with Gasteiger partial charge in [0.1, 0.15) is 0 Å². The van der Waals surface area contributed by atoms with E-state index in [4.69, 9.17) is 16.7 Å². The van der Waals surface area contributed by atoms with Crippen LogP contribution in [-0.4, -0.2) is 11.5 Å². The van der Waals surface area contributed by atoms with Crippen molar-refractivity contribution in [2.24, 2.45) is 0 Å². The van der Waals surface area contributed by atoms with Gasteiger partial charge in [-0.05, 0) is 17.7 Å². The Morgan fingerprint density at radius 3 is 2.40 bits per heavy atom. The van der Waals surface area contributed by atoms with Crippen molar-refractivity contribution in [2.45, 2.75) is 13.0 Å². The van der Waals surface area contributed by atoms with Crippen LogP contribution < -0.4 is 4.74 Å². The van der Waals surface area contributed by atoms with Gasteiger partial charge in [-0.25, -0.2) is 4.39 Å². The first-order chi connectivity index (χ1) is 6.83. The highest BCUT2D eigenvalue weighted by molar-refractivity contribution is 6.30. The van der Waals surface area contributed by atoms with Gasteiger partial charge >= 0.3 is 6.36 Å². The van der Waals surface area contributed by atoms with E-state index in [1.807, 2.05) is 0 Å². The number of aliphatic hydroxyl groups is 1. The molecular formula is C8H5ClF4O2. The Kier molecular flexibility index (Phi) is 3.41. The minimum absolute atomic E-state index is 0.0284. The minimum atomic E-state index is -5.00. The van der Waals surface area contributed by atoms with Crippen LogP contribution in [0, 0.1) is 5.82 Å². The van der Waals surface area contributed by atoms with Gasteiger partial charge < -0.3 is 9.84 Å². The second-order valence-corrected chi connectivity index (χ2v) is 3.00. The molecule has 0 radical (unpaired) electrons. The summed E-state index contributed by atoms with van der Waals surface area (Å²) < 4.78 is 51.8. The molecule has 0 bridgehead atoms. The molecule has 0 atom stereocenters. The third kappa shape index (κ3) is 3.24. The summed E-state index contributed by atoms with van der Waals surface area (Å²) in [5.41, 5.74) is 0.0284. The lowest BCUT2D eigenvalue weighted by atomic mass is 10.2.